The van der Waals surface area contributed by atoms with Crippen LogP contribution in [0, 0.1) is 12.3 Å². The summed E-state index contributed by atoms with van der Waals surface area (Å²) in [5.41, 5.74) is 55.5. The van der Waals surface area contributed by atoms with Crippen LogP contribution in [0.15, 0.2) is 16.4 Å². The average Bonchev–Trinajstić information content (AvgIpc) is 3.02. The number of hydrogen-bond donors (Lipinski definition) is 0. The molecule has 29 heteroatoms. The Hall–Kier alpha value is -4.54. The van der Waals surface area contributed by atoms with E-state index in [2.05, 4.69) is 233 Å². The van der Waals surface area contributed by atoms with Crippen molar-refractivity contribution in [3.63, 3.8) is 0 Å². The summed E-state index contributed by atoms with van der Waals surface area (Å²) < 4.78 is 0. The topological polar surface area (TPSA) is 0 Å². The van der Waals surface area contributed by atoms with Crippen LogP contribution in [0.1, 0.15) is 33.4 Å². The quantitative estimate of drug-likeness (QED) is 0.0713. The Kier molecular flexibility index (Phi) is 14.1. The van der Waals surface area contributed by atoms with Crippen molar-refractivity contribution >= 4 is 407 Å². The van der Waals surface area contributed by atoms with Crippen LogP contribution in [0.25, 0.3) is 60.1 Å². The fraction of sp³-hybridized carbons (Fsp3) is 0.0400. The van der Waals surface area contributed by atoms with Crippen molar-refractivity contribution in [3.8, 4) is 34.6 Å². The number of allylic oxidation sites excluding steroid dienone is 4. The Balaban J connectivity index is 1.35. The van der Waals surface area contributed by atoms with E-state index >= 15 is 0 Å². The summed E-state index contributed by atoms with van der Waals surface area (Å²) in [7, 11) is 69.2. The molecule has 0 saturated carbocycles. The molecule has 2 aliphatic rings. The molecule has 8 aromatic rings. The summed E-state index contributed by atoms with van der Waals surface area (Å²) in [6, 6.07) is 0. The predicted octanol–water partition coefficient (Wildman–Crippen LogP) is -36.1. The highest BCUT2D eigenvalue weighted by molar-refractivity contribution is 6.76. The second-order valence-corrected chi connectivity index (χ2v) is 25.8. The summed E-state index contributed by atoms with van der Waals surface area (Å²) in [6.07, 6.45) is 7.52. The lowest BCUT2D eigenvalue weighted by molar-refractivity contribution is 0.818. The number of hydrogen-bond acceptors (Lipinski definition) is 0. The van der Waals surface area contributed by atoms with Gasteiger partial charge in [-0.2, -0.15) is 0 Å². The van der Waals surface area contributed by atoms with E-state index in [0.29, 0.717) is 0 Å². The second kappa shape index (κ2) is 19.3. The van der Waals surface area contributed by atoms with Crippen molar-refractivity contribution in [3.05, 3.63) is 49.8 Å². The lowest BCUT2D eigenvalue weighted by atomic mass is 9.53. The Morgan fingerprint density at radius 3 is 0.873 bits per heavy atom. The molecule has 0 unspecified atom stereocenters. The molecule has 0 fully saturated rings. The molecular formula is C50H61B29. The van der Waals surface area contributed by atoms with Crippen LogP contribution in [0.3, 0.4) is 0 Å². The van der Waals surface area contributed by atoms with Gasteiger partial charge in [0.2, 0.25) is 0 Å². The number of terminal acetylenes is 1. The summed E-state index contributed by atoms with van der Waals surface area (Å²) >= 11 is 0. The van der Waals surface area contributed by atoms with Crippen LogP contribution in [-0.2, 0) is 11.8 Å². The van der Waals surface area contributed by atoms with Gasteiger partial charge in [0.05, 0.1) is 5.41 Å². The van der Waals surface area contributed by atoms with Crippen molar-refractivity contribution in [2.24, 2.45) is 0 Å². The molecule has 0 atom stereocenters. The first kappa shape index (κ1) is 57.7. The molecule has 2 aliphatic carbocycles. The van der Waals surface area contributed by atoms with Crippen LogP contribution >= 0.6 is 0 Å². The Labute approximate surface area is 500 Å². The van der Waals surface area contributed by atoms with Gasteiger partial charge in [0.1, 0.15) is 220 Å². The SMILES string of the molecule is B/C(Cc1c(B)c(B)c(B)c2c1-c1c(B)c(B)c(B)c(B)c1C21c2c(B)c(B)c(B)c(B)c2-c2c(B)c(B)c(B)c(B)c21)=C(B)/C(=C(/B)C#C)c1c(B)c(B)c2c3c(B)c(B)c(B)c(B)c3c3c(B)c(B)c(B)c(B)c3c2c1B. The maximum absolute atomic E-state index is 6.71. The normalized spacial score (nSPS) is 13.6. The first-order valence-electron chi connectivity index (χ1n) is 29.5. The molecule has 8 aromatic carbocycles. The average molecular weight is 976 g/mol. The monoisotopic (exact) mass is 981 g/mol. The van der Waals surface area contributed by atoms with E-state index in [1.165, 1.54) is 247 Å². The summed E-state index contributed by atoms with van der Waals surface area (Å²) in [4.78, 5) is 0. The Morgan fingerprint density at radius 1 is 0.291 bits per heavy atom. The first-order valence-corrected chi connectivity index (χ1v) is 29.5. The fourth-order valence-electron chi connectivity index (χ4n) is 16.6. The summed E-state index contributed by atoms with van der Waals surface area (Å²) in [5, 5.41) is 8.44. The van der Waals surface area contributed by atoms with Gasteiger partial charge in [-0.1, -0.05) is 93.3 Å². The maximum Gasteiger partial charge on any atom is 0.151 e. The zero-order valence-electron chi connectivity index (χ0n) is 54.3. The van der Waals surface area contributed by atoms with Gasteiger partial charge in [-0.3, -0.25) is 0 Å². The molecule has 0 nitrogen and oxygen atoms in total. The van der Waals surface area contributed by atoms with Crippen molar-refractivity contribution in [2.75, 3.05) is 0 Å². The van der Waals surface area contributed by atoms with Gasteiger partial charge in [-0.05, 0) is 105 Å². The zero-order chi connectivity index (χ0) is 58.5. The first-order chi connectivity index (χ1) is 36.8. The molecule has 10 rings (SSSR count). The predicted molar refractivity (Wildman–Crippen MR) is 446 cm³/mol. The van der Waals surface area contributed by atoms with Gasteiger partial charge in [0.15, 0.2) is 7.85 Å². The molecule has 0 N–H and O–H groups in total. The summed E-state index contributed by atoms with van der Waals surface area (Å²) in [5.74, 6) is 3.26. The lowest BCUT2D eigenvalue weighted by Gasteiger charge is -2.38. The van der Waals surface area contributed by atoms with E-state index in [4.69, 9.17) is 6.42 Å². The molecule has 0 heterocycles. The van der Waals surface area contributed by atoms with E-state index in [9.17, 15) is 0 Å². The smallest absolute Gasteiger partial charge is 0.116 e. The van der Waals surface area contributed by atoms with Crippen molar-refractivity contribution in [1.82, 2.24) is 0 Å². The fourth-order valence-corrected chi connectivity index (χ4v) is 16.6. The minimum atomic E-state index is -0.496. The van der Waals surface area contributed by atoms with E-state index < -0.39 is 5.41 Å². The molecule has 1 spiro atoms. The van der Waals surface area contributed by atoms with Crippen LogP contribution in [0.2, 0.25) is 0 Å². The van der Waals surface area contributed by atoms with Gasteiger partial charge in [0.25, 0.3) is 0 Å². The lowest BCUT2D eigenvalue weighted by Crippen LogP contribution is -2.57. The third kappa shape index (κ3) is 7.13. The second-order valence-electron chi connectivity index (χ2n) is 25.8. The maximum atomic E-state index is 6.71. The molecule has 0 aliphatic heterocycles. The van der Waals surface area contributed by atoms with Crippen LogP contribution in [0.5, 0.6) is 0 Å². The van der Waals surface area contributed by atoms with E-state index in [1.807, 2.05) is 0 Å². The van der Waals surface area contributed by atoms with Crippen LogP contribution < -0.4 is 142 Å². The highest BCUT2D eigenvalue weighted by Gasteiger charge is 2.56. The number of rotatable bonds is 4. The molecule has 0 bridgehead atoms. The number of benzene rings is 8. The van der Waals surface area contributed by atoms with Gasteiger partial charge in [0, 0.05) is 0 Å². The highest BCUT2D eigenvalue weighted by Crippen LogP contribution is 2.59. The molecule has 0 aromatic heterocycles. The van der Waals surface area contributed by atoms with Gasteiger partial charge in [-0.25, -0.2) is 0 Å². The van der Waals surface area contributed by atoms with Gasteiger partial charge >= 0.3 is 0 Å². The van der Waals surface area contributed by atoms with Gasteiger partial charge < -0.3 is 0 Å². The largest absolute Gasteiger partial charge is 0.151 e. The molecule has 79 heavy (non-hydrogen) atoms. The van der Waals surface area contributed by atoms with E-state index in [1.54, 1.807) is 0 Å². The van der Waals surface area contributed by atoms with Crippen LogP contribution in [0.4, 0.5) is 0 Å². The van der Waals surface area contributed by atoms with Crippen molar-refractivity contribution in [2.45, 2.75) is 11.8 Å². The molecule has 0 radical (unpaired) electrons. The Bertz CT molecular complexity index is 4330. The van der Waals surface area contributed by atoms with E-state index in [-0.39, 0.29) is 0 Å². The molecular weight excluding hydrogens is 914 g/mol. The van der Waals surface area contributed by atoms with Crippen LogP contribution in [-0.4, -0.2) is 228 Å². The van der Waals surface area contributed by atoms with E-state index in [0.717, 1.165) is 11.9 Å². The minimum Gasteiger partial charge on any atom is -0.116 e. The third-order valence-corrected chi connectivity index (χ3v) is 23.3. The van der Waals surface area contributed by atoms with Crippen molar-refractivity contribution in [1.29, 1.82) is 0 Å². The number of fused-ring (bicyclic) bond motifs is 16. The molecule has 0 saturated heterocycles. The molecule has 0 amide bonds. The Morgan fingerprint density at radius 2 is 0.544 bits per heavy atom. The minimum absolute atomic E-state index is 0.496. The third-order valence-electron chi connectivity index (χ3n) is 23.3. The summed E-state index contributed by atoms with van der Waals surface area (Å²) in [6.45, 7) is 0. The standard InChI is InChI=1S/C50H61B29/c1-2-5(51)8(18-25(55)9-10(26(56)34(18)64)12-14(30(60)43(73)41(71)28(12)58)13-11(9)27(57)40(70)42(72)29(13)59)24(54)6(52)3-4-7-15-20(36(66)47(77)44(74)31(15)61)50(19(7)35(65)39(69)23(4)53)21-16(32(62)45(75)48(78)37(21)67)17-22(50)38(68)49(79)46(76)33(17)63/h1H,3,51-79H2/b8-5+,24-6-. The van der Waals surface area contributed by atoms with Crippen molar-refractivity contribution < 1.29 is 0 Å². The molecule has 348 valence electrons. The zero-order valence-corrected chi connectivity index (χ0v) is 54.3. The van der Waals surface area contributed by atoms with Gasteiger partial charge in [-0.15, -0.1) is 72.0 Å². The highest BCUT2D eigenvalue weighted by atomic mass is 14.6.